The first-order valence-corrected chi connectivity index (χ1v) is 5.16. The van der Waals surface area contributed by atoms with Crippen molar-refractivity contribution < 1.29 is 0 Å². The maximum absolute atomic E-state index is 5.81. The van der Waals surface area contributed by atoms with Crippen LogP contribution in [-0.4, -0.2) is 22.4 Å². The zero-order chi connectivity index (χ0) is 10.6. The van der Waals surface area contributed by atoms with Gasteiger partial charge in [0.05, 0.1) is 0 Å². The van der Waals surface area contributed by atoms with E-state index in [-0.39, 0.29) is 5.41 Å². The number of nitrogens with one attached hydrogen (secondary N) is 1. The third kappa shape index (κ3) is 3.50. The van der Waals surface area contributed by atoms with Crippen molar-refractivity contribution in [2.24, 2.45) is 5.41 Å². The molecule has 78 valence electrons. The summed E-state index contributed by atoms with van der Waals surface area (Å²) in [7, 11) is 0. The third-order valence-corrected chi connectivity index (χ3v) is 2.61. The number of aryl methyl sites for hydroxylation is 1. The summed E-state index contributed by atoms with van der Waals surface area (Å²) in [4.78, 5) is 8.36. The Balaban J connectivity index is 2.54. The minimum atomic E-state index is 0.0641. The van der Waals surface area contributed by atoms with Crippen LogP contribution in [0.4, 0.5) is 5.95 Å². The molecule has 1 N–H and O–H groups in total. The fraction of sp³-hybridized carbons (Fsp3) is 0.600. The van der Waals surface area contributed by atoms with E-state index in [9.17, 15) is 0 Å². The fourth-order valence-corrected chi connectivity index (χ4v) is 0.994. The molecule has 4 heteroatoms. The molecule has 0 radical (unpaired) electrons. The van der Waals surface area contributed by atoms with E-state index in [1.807, 2.05) is 13.0 Å². The number of hydrogen-bond acceptors (Lipinski definition) is 3. The summed E-state index contributed by atoms with van der Waals surface area (Å²) in [6.45, 7) is 6.92. The lowest BCUT2D eigenvalue weighted by molar-refractivity contribution is 0.449. The normalized spacial score (nSPS) is 11.4. The fourth-order valence-electron chi connectivity index (χ4n) is 0.900. The maximum atomic E-state index is 5.81. The summed E-state index contributed by atoms with van der Waals surface area (Å²) in [5.41, 5.74) is 1.03. The molecule has 1 rings (SSSR count). The Bertz CT molecular complexity index is 299. The number of halogens is 1. The lowest BCUT2D eigenvalue weighted by Crippen LogP contribution is -2.25. The number of nitrogens with zero attached hydrogens (tertiary/aromatic N) is 2. The van der Waals surface area contributed by atoms with Crippen LogP contribution in [0.2, 0.25) is 0 Å². The second kappa shape index (κ2) is 4.60. The minimum Gasteiger partial charge on any atom is -0.354 e. The largest absolute Gasteiger partial charge is 0.354 e. The van der Waals surface area contributed by atoms with E-state index in [2.05, 4.69) is 29.1 Å². The third-order valence-electron chi connectivity index (χ3n) is 1.88. The second-order valence-corrected chi connectivity index (χ2v) is 4.44. The molecule has 3 nitrogen and oxygen atoms in total. The van der Waals surface area contributed by atoms with E-state index in [4.69, 9.17) is 11.6 Å². The first kappa shape index (κ1) is 11.2. The number of rotatable bonds is 4. The van der Waals surface area contributed by atoms with Crippen molar-refractivity contribution in [3.63, 3.8) is 0 Å². The van der Waals surface area contributed by atoms with Gasteiger partial charge in [-0.1, -0.05) is 13.8 Å². The molecule has 0 saturated heterocycles. The zero-order valence-corrected chi connectivity index (χ0v) is 9.60. The number of alkyl halides is 1. The van der Waals surface area contributed by atoms with Crippen molar-refractivity contribution in [1.29, 1.82) is 0 Å². The lowest BCUT2D eigenvalue weighted by atomic mass is 9.97. The molecule has 1 aromatic rings. The number of hydrogen-bond donors (Lipinski definition) is 1. The van der Waals surface area contributed by atoms with Gasteiger partial charge in [0.15, 0.2) is 0 Å². The molecule has 0 aliphatic carbocycles. The van der Waals surface area contributed by atoms with Gasteiger partial charge in [0, 0.05) is 24.3 Å². The van der Waals surface area contributed by atoms with Crippen LogP contribution in [0.1, 0.15) is 19.5 Å². The SMILES string of the molecule is Cc1ccnc(NCC(C)(C)CCl)n1. The van der Waals surface area contributed by atoms with Gasteiger partial charge in [-0.3, -0.25) is 0 Å². The van der Waals surface area contributed by atoms with E-state index in [0.29, 0.717) is 11.8 Å². The quantitative estimate of drug-likeness (QED) is 0.781. The molecule has 0 aliphatic rings. The van der Waals surface area contributed by atoms with Crippen molar-refractivity contribution >= 4 is 17.5 Å². The van der Waals surface area contributed by atoms with Crippen LogP contribution in [0.5, 0.6) is 0 Å². The Morgan fingerprint density at radius 1 is 1.50 bits per heavy atom. The Morgan fingerprint density at radius 3 is 2.79 bits per heavy atom. The summed E-state index contributed by atoms with van der Waals surface area (Å²) in [5, 5.41) is 3.17. The first-order chi connectivity index (χ1) is 6.53. The highest BCUT2D eigenvalue weighted by molar-refractivity contribution is 6.18. The van der Waals surface area contributed by atoms with Crippen LogP contribution < -0.4 is 5.32 Å². The summed E-state index contributed by atoms with van der Waals surface area (Å²) in [6, 6.07) is 1.87. The van der Waals surface area contributed by atoms with E-state index < -0.39 is 0 Å². The lowest BCUT2D eigenvalue weighted by Gasteiger charge is -2.21. The summed E-state index contributed by atoms with van der Waals surface area (Å²) >= 11 is 5.81. The summed E-state index contributed by atoms with van der Waals surface area (Å²) < 4.78 is 0. The second-order valence-electron chi connectivity index (χ2n) is 4.17. The average molecular weight is 214 g/mol. The predicted molar refractivity (Wildman–Crippen MR) is 59.8 cm³/mol. The maximum Gasteiger partial charge on any atom is 0.222 e. The van der Waals surface area contributed by atoms with Gasteiger partial charge in [-0.05, 0) is 18.4 Å². The van der Waals surface area contributed by atoms with Crippen LogP contribution in [-0.2, 0) is 0 Å². The van der Waals surface area contributed by atoms with E-state index >= 15 is 0 Å². The summed E-state index contributed by atoms with van der Waals surface area (Å²) in [5.74, 6) is 1.29. The molecule has 0 unspecified atom stereocenters. The van der Waals surface area contributed by atoms with Gasteiger partial charge < -0.3 is 5.32 Å². The molecule has 0 bridgehead atoms. The van der Waals surface area contributed by atoms with Crippen molar-refractivity contribution in [3.8, 4) is 0 Å². The number of anilines is 1. The highest BCUT2D eigenvalue weighted by Gasteiger charge is 2.16. The molecule has 0 fully saturated rings. The van der Waals surface area contributed by atoms with Gasteiger partial charge in [0.1, 0.15) is 0 Å². The van der Waals surface area contributed by atoms with Gasteiger partial charge in [-0.15, -0.1) is 11.6 Å². The Morgan fingerprint density at radius 2 is 2.21 bits per heavy atom. The smallest absolute Gasteiger partial charge is 0.222 e. The Kier molecular flexibility index (Phi) is 3.69. The van der Waals surface area contributed by atoms with Crippen LogP contribution in [0.25, 0.3) is 0 Å². The molecule has 14 heavy (non-hydrogen) atoms. The molecule has 0 aromatic carbocycles. The van der Waals surface area contributed by atoms with Crippen LogP contribution in [0, 0.1) is 12.3 Å². The van der Waals surface area contributed by atoms with Gasteiger partial charge in [-0.2, -0.15) is 0 Å². The molecule has 0 atom stereocenters. The predicted octanol–water partition coefficient (Wildman–Crippen LogP) is 2.46. The molecule has 1 heterocycles. The first-order valence-electron chi connectivity index (χ1n) is 4.63. The highest BCUT2D eigenvalue weighted by Crippen LogP contribution is 2.16. The van der Waals surface area contributed by atoms with Crippen LogP contribution in [0.15, 0.2) is 12.3 Å². The van der Waals surface area contributed by atoms with Gasteiger partial charge in [0.2, 0.25) is 5.95 Å². The standard InChI is InChI=1S/C10H16ClN3/c1-8-4-5-12-9(14-8)13-7-10(2,3)6-11/h4-5H,6-7H2,1-3H3,(H,12,13,14). The van der Waals surface area contributed by atoms with Crippen molar-refractivity contribution in [2.75, 3.05) is 17.7 Å². The molecule has 0 spiro atoms. The van der Waals surface area contributed by atoms with Crippen molar-refractivity contribution in [3.05, 3.63) is 18.0 Å². The highest BCUT2D eigenvalue weighted by atomic mass is 35.5. The monoisotopic (exact) mass is 213 g/mol. The average Bonchev–Trinajstić information content (AvgIpc) is 2.15. The van der Waals surface area contributed by atoms with Crippen molar-refractivity contribution in [1.82, 2.24) is 9.97 Å². The van der Waals surface area contributed by atoms with Crippen LogP contribution >= 0.6 is 11.6 Å². The number of aromatic nitrogens is 2. The minimum absolute atomic E-state index is 0.0641. The molecule has 1 aromatic heterocycles. The molecule has 0 aliphatic heterocycles. The van der Waals surface area contributed by atoms with E-state index in [1.165, 1.54) is 0 Å². The van der Waals surface area contributed by atoms with Gasteiger partial charge in [0.25, 0.3) is 0 Å². The molecule has 0 saturated carbocycles. The molecular weight excluding hydrogens is 198 g/mol. The van der Waals surface area contributed by atoms with Crippen LogP contribution in [0.3, 0.4) is 0 Å². The Labute approximate surface area is 89.9 Å². The zero-order valence-electron chi connectivity index (χ0n) is 8.84. The Hall–Kier alpha value is -0.830. The molecule has 0 amide bonds. The van der Waals surface area contributed by atoms with Crippen molar-refractivity contribution in [2.45, 2.75) is 20.8 Å². The van der Waals surface area contributed by atoms with Gasteiger partial charge in [-0.25, -0.2) is 9.97 Å². The van der Waals surface area contributed by atoms with Gasteiger partial charge >= 0.3 is 0 Å². The topological polar surface area (TPSA) is 37.8 Å². The van der Waals surface area contributed by atoms with E-state index in [0.717, 1.165) is 12.2 Å². The summed E-state index contributed by atoms with van der Waals surface area (Å²) in [6.07, 6.45) is 1.75. The molecular formula is C10H16ClN3. The van der Waals surface area contributed by atoms with E-state index in [1.54, 1.807) is 6.20 Å².